The predicted octanol–water partition coefficient (Wildman–Crippen LogP) is 3.03. The van der Waals surface area contributed by atoms with E-state index in [0.717, 1.165) is 0 Å². The first-order valence-electron chi connectivity index (χ1n) is 9.40. The summed E-state index contributed by atoms with van der Waals surface area (Å²) in [6.07, 6.45) is 0.641. The zero-order valence-corrected chi connectivity index (χ0v) is 17.6. The number of ether oxygens (including phenoxy) is 3. The van der Waals surface area contributed by atoms with Crippen molar-refractivity contribution in [3.8, 4) is 0 Å². The van der Waals surface area contributed by atoms with Crippen molar-refractivity contribution in [3.05, 3.63) is 34.9 Å². The molecule has 1 atom stereocenters. The number of aryl methyl sites for hydroxylation is 1. The zero-order valence-electron chi connectivity index (χ0n) is 17.6. The van der Waals surface area contributed by atoms with Gasteiger partial charge in [-0.3, -0.25) is 4.79 Å². The average molecular weight is 393 g/mol. The molecule has 156 valence electrons. The number of hydrogen-bond donors (Lipinski definition) is 1. The van der Waals surface area contributed by atoms with Crippen molar-refractivity contribution in [1.82, 2.24) is 0 Å². The van der Waals surface area contributed by atoms with Crippen LogP contribution in [0.5, 0.6) is 0 Å². The largest absolute Gasteiger partial charge is 0.462 e. The minimum atomic E-state index is -1.21. The number of rotatable bonds is 8. The van der Waals surface area contributed by atoms with Gasteiger partial charge in [0.25, 0.3) is 0 Å². The third kappa shape index (κ3) is 7.31. The molecule has 1 rings (SSSR count). The van der Waals surface area contributed by atoms with Crippen molar-refractivity contribution in [2.45, 2.75) is 65.5 Å². The van der Waals surface area contributed by atoms with Crippen molar-refractivity contribution in [3.63, 3.8) is 0 Å². The molecule has 1 aromatic rings. The standard InChI is InChI=1S/C21H31NO6/c1-7-26-17(23)15-11-14(12-16(13-15)18(24)27-8-2)9-10-21(6,22)19(25)28-20(3,4)5/h11-13H,7-10,22H2,1-6H3. The van der Waals surface area contributed by atoms with E-state index in [-0.39, 0.29) is 30.8 Å². The number of benzene rings is 1. The van der Waals surface area contributed by atoms with Crippen molar-refractivity contribution in [2.75, 3.05) is 13.2 Å². The van der Waals surface area contributed by atoms with Gasteiger partial charge >= 0.3 is 17.9 Å². The lowest BCUT2D eigenvalue weighted by molar-refractivity contribution is -0.161. The van der Waals surface area contributed by atoms with Crippen LogP contribution < -0.4 is 5.73 Å². The van der Waals surface area contributed by atoms with Crippen LogP contribution in [0, 0.1) is 0 Å². The summed E-state index contributed by atoms with van der Waals surface area (Å²) < 4.78 is 15.4. The highest BCUT2D eigenvalue weighted by molar-refractivity contribution is 5.95. The van der Waals surface area contributed by atoms with Gasteiger partial charge in [-0.05, 0) is 78.1 Å². The number of carbonyl (C=O) groups is 3. The topological polar surface area (TPSA) is 105 Å². The lowest BCUT2D eigenvalue weighted by Crippen LogP contribution is -2.48. The number of hydrogen-bond acceptors (Lipinski definition) is 7. The monoisotopic (exact) mass is 393 g/mol. The Hall–Kier alpha value is -2.41. The van der Waals surface area contributed by atoms with Gasteiger partial charge < -0.3 is 19.9 Å². The fourth-order valence-corrected chi connectivity index (χ4v) is 2.40. The van der Waals surface area contributed by atoms with Crippen LogP contribution in [-0.4, -0.2) is 42.3 Å². The van der Waals surface area contributed by atoms with E-state index in [2.05, 4.69) is 0 Å². The highest BCUT2D eigenvalue weighted by Crippen LogP contribution is 2.20. The first kappa shape index (κ1) is 23.6. The summed E-state index contributed by atoms with van der Waals surface area (Å²) >= 11 is 0. The van der Waals surface area contributed by atoms with Crippen LogP contribution in [0.1, 0.15) is 74.2 Å². The molecule has 0 fully saturated rings. The summed E-state index contributed by atoms with van der Waals surface area (Å²) in [6.45, 7) is 10.8. The van der Waals surface area contributed by atoms with Crippen LogP contribution >= 0.6 is 0 Å². The van der Waals surface area contributed by atoms with Crippen LogP contribution in [0.4, 0.5) is 0 Å². The maximum absolute atomic E-state index is 12.3. The van der Waals surface area contributed by atoms with Gasteiger partial charge in [-0.2, -0.15) is 0 Å². The average Bonchev–Trinajstić information content (AvgIpc) is 2.58. The summed E-state index contributed by atoms with van der Waals surface area (Å²) in [4.78, 5) is 36.6. The lowest BCUT2D eigenvalue weighted by atomic mass is 9.92. The summed E-state index contributed by atoms with van der Waals surface area (Å²) in [7, 11) is 0. The van der Waals surface area contributed by atoms with Crippen LogP contribution in [0.25, 0.3) is 0 Å². The minimum absolute atomic E-state index is 0.220. The Morgan fingerprint density at radius 3 is 1.75 bits per heavy atom. The molecule has 0 radical (unpaired) electrons. The van der Waals surface area contributed by atoms with E-state index in [1.54, 1.807) is 53.7 Å². The molecule has 0 amide bonds. The van der Waals surface area contributed by atoms with E-state index in [9.17, 15) is 14.4 Å². The smallest absolute Gasteiger partial charge is 0.338 e. The second kappa shape index (κ2) is 9.68. The maximum atomic E-state index is 12.3. The highest BCUT2D eigenvalue weighted by atomic mass is 16.6. The molecule has 0 aromatic heterocycles. The van der Waals surface area contributed by atoms with E-state index in [0.29, 0.717) is 12.0 Å². The maximum Gasteiger partial charge on any atom is 0.338 e. The Kier molecular flexibility index (Phi) is 8.17. The van der Waals surface area contributed by atoms with Gasteiger partial charge in [-0.1, -0.05) is 0 Å². The predicted molar refractivity (Wildman–Crippen MR) is 105 cm³/mol. The molecule has 0 bridgehead atoms. The summed E-state index contributed by atoms with van der Waals surface area (Å²) in [5, 5.41) is 0. The second-order valence-corrected chi connectivity index (χ2v) is 7.78. The molecule has 0 saturated heterocycles. The van der Waals surface area contributed by atoms with Crippen molar-refractivity contribution < 1.29 is 28.6 Å². The lowest BCUT2D eigenvalue weighted by Gasteiger charge is -2.28. The van der Waals surface area contributed by atoms with Crippen LogP contribution in [0.2, 0.25) is 0 Å². The molecule has 0 heterocycles. The Bertz CT molecular complexity index is 682. The van der Waals surface area contributed by atoms with Gasteiger partial charge in [-0.25, -0.2) is 9.59 Å². The SMILES string of the molecule is CCOC(=O)c1cc(CCC(C)(N)C(=O)OC(C)(C)C)cc(C(=O)OCC)c1. The van der Waals surface area contributed by atoms with Gasteiger partial charge in [0, 0.05) is 0 Å². The molecule has 0 aliphatic carbocycles. The molecule has 1 aromatic carbocycles. The number of nitrogens with two attached hydrogens (primary N) is 1. The summed E-state index contributed by atoms with van der Waals surface area (Å²) in [6, 6.07) is 4.70. The fraction of sp³-hybridized carbons (Fsp3) is 0.571. The van der Waals surface area contributed by atoms with E-state index < -0.39 is 29.0 Å². The van der Waals surface area contributed by atoms with Crippen molar-refractivity contribution >= 4 is 17.9 Å². The Morgan fingerprint density at radius 1 is 0.893 bits per heavy atom. The van der Waals surface area contributed by atoms with Crippen molar-refractivity contribution in [2.24, 2.45) is 5.73 Å². The molecule has 7 heteroatoms. The van der Waals surface area contributed by atoms with Gasteiger partial charge in [0.2, 0.25) is 0 Å². The third-order valence-corrected chi connectivity index (χ3v) is 3.81. The normalized spacial score (nSPS) is 13.4. The Labute approximate surface area is 166 Å². The van der Waals surface area contributed by atoms with E-state index in [1.807, 2.05) is 0 Å². The molecule has 28 heavy (non-hydrogen) atoms. The number of esters is 3. The van der Waals surface area contributed by atoms with Crippen LogP contribution in [-0.2, 0) is 25.4 Å². The quantitative estimate of drug-likeness (QED) is 0.534. The van der Waals surface area contributed by atoms with Gasteiger partial charge in [-0.15, -0.1) is 0 Å². The van der Waals surface area contributed by atoms with Gasteiger partial charge in [0.15, 0.2) is 0 Å². The molecular formula is C21H31NO6. The molecule has 2 N–H and O–H groups in total. The van der Waals surface area contributed by atoms with E-state index >= 15 is 0 Å². The zero-order chi connectivity index (χ0) is 21.5. The Balaban J connectivity index is 3.06. The fourth-order valence-electron chi connectivity index (χ4n) is 2.40. The van der Waals surface area contributed by atoms with Crippen molar-refractivity contribution in [1.29, 1.82) is 0 Å². The molecule has 1 unspecified atom stereocenters. The minimum Gasteiger partial charge on any atom is -0.462 e. The molecule has 0 aliphatic rings. The molecule has 0 saturated carbocycles. The van der Waals surface area contributed by atoms with E-state index in [4.69, 9.17) is 19.9 Å². The molecular weight excluding hydrogens is 362 g/mol. The van der Waals surface area contributed by atoms with Crippen LogP contribution in [0.15, 0.2) is 18.2 Å². The summed E-state index contributed by atoms with van der Waals surface area (Å²) in [5.41, 5.74) is 5.47. The van der Waals surface area contributed by atoms with Gasteiger partial charge in [0.05, 0.1) is 24.3 Å². The van der Waals surface area contributed by atoms with Gasteiger partial charge in [0.1, 0.15) is 11.1 Å². The van der Waals surface area contributed by atoms with E-state index in [1.165, 1.54) is 6.07 Å². The molecule has 7 nitrogen and oxygen atoms in total. The first-order chi connectivity index (χ1) is 12.9. The Morgan fingerprint density at radius 2 is 1.36 bits per heavy atom. The van der Waals surface area contributed by atoms with Crippen LogP contribution in [0.3, 0.4) is 0 Å². The molecule has 0 spiro atoms. The second-order valence-electron chi connectivity index (χ2n) is 7.78. The first-order valence-corrected chi connectivity index (χ1v) is 9.40. The molecule has 0 aliphatic heterocycles. The highest BCUT2D eigenvalue weighted by Gasteiger charge is 2.33. The third-order valence-electron chi connectivity index (χ3n) is 3.81. The number of carbonyl (C=O) groups excluding carboxylic acids is 3. The summed E-state index contributed by atoms with van der Waals surface area (Å²) in [5.74, 6) is -1.57.